The van der Waals surface area contributed by atoms with E-state index in [0.717, 1.165) is 34.5 Å². The summed E-state index contributed by atoms with van der Waals surface area (Å²) < 4.78 is 11.8. The smallest absolute Gasteiger partial charge is 0.133 e. The summed E-state index contributed by atoms with van der Waals surface area (Å²) in [7, 11) is 3.39. The number of halogens is 1. The normalized spacial score (nSPS) is 23.8. The van der Waals surface area contributed by atoms with Gasteiger partial charge in [-0.1, -0.05) is 0 Å². The zero-order chi connectivity index (χ0) is 12.5. The molecule has 0 amide bonds. The third-order valence-electron chi connectivity index (χ3n) is 3.43. The van der Waals surface area contributed by atoms with Crippen LogP contribution in [0.5, 0.6) is 11.5 Å². The summed E-state index contributed by atoms with van der Waals surface area (Å²) in [6.07, 6.45) is 2.29. The summed E-state index contributed by atoms with van der Waals surface area (Å²) in [4.78, 5) is 0. The molecular weight excluding hydrogens is 282 g/mol. The highest BCUT2D eigenvalue weighted by molar-refractivity contribution is 9.10. The average Bonchev–Trinajstić information content (AvgIpc) is 2.76. The summed E-state index contributed by atoms with van der Waals surface area (Å²) in [5, 5.41) is 3.55. The molecule has 1 aromatic carbocycles. The van der Waals surface area contributed by atoms with Gasteiger partial charge in [0.25, 0.3) is 0 Å². The Bertz CT molecular complexity index is 414. The van der Waals surface area contributed by atoms with Crippen molar-refractivity contribution >= 4 is 15.9 Å². The van der Waals surface area contributed by atoms with Crippen LogP contribution in [0.2, 0.25) is 0 Å². The molecule has 0 aromatic heterocycles. The number of hydrogen-bond acceptors (Lipinski definition) is 3. The van der Waals surface area contributed by atoms with Gasteiger partial charge in [0.05, 0.1) is 18.7 Å². The van der Waals surface area contributed by atoms with Gasteiger partial charge in [0, 0.05) is 11.1 Å². The minimum Gasteiger partial charge on any atom is -0.496 e. The largest absolute Gasteiger partial charge is 0.496 e. The standard InChI is InChI=1S/C13H18BrNO2/c1-13(7-4-8-15-13)11-9(16-2)5-6-10(17-3)12(11)14/h5-6,15H,4,7-8H2,1-3H3. The van der Waals surface area contributed by atoms with Crippen molar-refractivity contribution in [3.63, 3.8) is 0 Å². The van der Waals surface area contributed by atoms with Crippen LogP contribution in [0.4, 0.5) is 0 Å². The fraction of sp³-hybridized carbons (Fsp3) is 0.538. The SMILES string of the molecule is COc1ccc(OC)c(C2(C)CCCN2)c1Br. The third kappa shape index (κ3) is 2.16. The van der Waals surface area contributed by atoms with Crippen LogP contribution in [0.1, 0.15) is 25.3 Å². The number of benzene rings is 1. The Labute approximate surface area is 111 Å². The first kappa shape index (κ1) is 12.7. The predicted octanol–water partition coefficient (Wildman–Crippen LogP) is 3.06. The number of ether oxygens (including phenoxy) is 2. The summed E-state index contributed by atoms with van der Waals surface area (Å²) >= 11 is 3.63. The molecule has 17 heavy (non-hydrogen) atoms. The van der Waals surface area contributed by atoms with Crippen molar-refractivity contribution in [3.8, 4) is 11.5 Å². The summed E-state index contributed by atoms with van der Waals surface area (Å²) in [5.74, 6) is 1.74. The molecule has 0 spiro atoms. The van der Waals surface area contributed by atoms with Gasteiger partial charge in [-0.15, -0.1) is 0 Å². The van der Waals surface area contributed by atoms with Gasteiger partial charge in [-0.2, -0.15) is 0 Å². The minimum atomic E-state index is -0.0429. The average molecular weight is 300 g/mol. The van der Waals surface area contributed by atoms with Crippen LogP contribution >= 0.6 is 15.9 Å². The molecule has 1 atom stereocenters. The second kappa shape index (κ2) is 4.86. The highest BCUT2D eigenvalue weighted by Crippen LogP contribution is 2.44. The van der Waals surface area contributed by atoms with Gasteiger partial charge in [-0.05, 0) is 54.4 Å². The molecule has 1 unspecified atom stereocenters. The molecule has 1 fully saturated rings. The Morgan fingerprint density at radius 3 is 2.41 bits per heavy atom. The number of nitrogens with one attached hydrogen (secondary N) is 1. The van der Waals surface area contributed by atoms with Crippen molar-refractivity contribution in [3.05, 3.63) is 22.2 Å². The van der Waals surface area contributed by atoms with E-state index in [2.05, 4.69) is 28.2 Å². The van der Waals surface area contributed by atoms with Crippen molar-refractivity contribution < 1.29 is 9.47 Å². The monoisotopic (exact) mass is 299 g/mol. The molecule has 0 saturated carbocycles. The molecule has 4 heteroatoms. The third-order valence-corrected chi connectivity index (χ3v) is 4.22. The summed E-state index contributed by atoms with van der Waals surface area (Å²) in [6, 6.07) is 3.88. The molecule has 3 nitrogen and oxygen atoms in total. The van der Waals surface area contributed by atoms with E-state index in [1.54, 1.807) is 14.2 Å². The molecule has 1 heterocycles. The number of hydrogen-bond donors (Lipinski definition) is 1. The summed E-state index contributed by atoms with van der Waals surface area (Å²) in [5.41, 5.74) is 1.11. The van der Waals surface area contributed by atoms with Crippen molar-refractivity contribution in [2.45, 2.75) is 25.3 Å². The molecular formula is C13H18BrNO2. The van der Waals surface area contributed by atoms with E-state index >= 15 is 0 Å². The maximum Gasteiger partial charge on any atom is 0.133 e. The van der Waals surface area contributed by atoms with E-state index in [1.165, 1.54) is 6.42 Å². The van der Waals surface area contributed by atoms with Gasteiger partial charge < -0.3 is 14.8 Å². The van der Waals surface area contributed by atoms with Crippen molar-refractivity contribution in [2.24, 2.45) is 0 Å². The van der Waals surface area contributed by atoms with Gasteiger partial charge in [0.1, 0.15) is 11.5 Å². The fourth-order valence-corrected chi connectivity index (χ4v) is 3.42. The molecule has 1 saturated heterocycles. The lowest BCUT2D eigenvalue weighted by Gasteiger charge is -2.28. The minimum absolute atomic E-state index is 0.0429. The molecule has 1 aromatic rings. The van der Waals surface area contributed by atoms with Crippen LogP contribution in [0, 0.1) is 0 Å². The molecule has 1 N–H and O–H groups in total. The maximum atomic E-state index is 5.48. The van der Waals surface area contributed by atoms with Crippen molar-refractivity contribution in [1.82, 2.24) is 5.32 Å². The van der Waals surface area contributed by atoms with Crippen molar-refractivity contribution in [1.29, 1.82) is 0 Å². The Morgan fingerprint density at radius 2 is 1.88 bits per heavy atom. The highest BCUT2D eigenvalue weighted by Gasteiger charge is 2.35. The lowest BCUT2D eigenvalue weighted by atomic mass is 9.89. The Morgan fingerprint density at radius 1 is 1.24 bits per heavy atom. The first-order valence-electron chi connectivity index (χ1n) is 5.78. The van der Waals surface area contributed by atoms with E-state index in [0.29, 0.717) is 0 Å². The highest BCUT2D eigenvalue weighted by atomic mass is 79.9. The molecule has 2 rings (SSSR count). The lowest BCUT2D eigenvalue weighted by molar-refractivity contribution is 0.361. The van der Waals surface area contributed by atoms with Crippen LogP contribution in [0.25, 0.3) is 0 Å². The van der Waals surface area contributed by atoms with Crippen LogP contribution < -0.4 is 14.8 Å². The second-order valence-electron chi connectivity index (χ2n) is 4.52. The van der Waals surface area contributed by atoms with E-state index < -0.39 is 0 Å². The van der Waals surface area contributed by atoms with Crippen LogP contribution in [0.3, 0.4) is 0 Å². The molecule has 1 aliphatic heterocycles. The van der Waals surface area contributed by atoms with Gasteiger partial charge in [-0.3, -0.25) is 0 Å². The molecule has 94 valence electrons. The van der Waals surface area contributed by atoms with Crippen LogP contribution in [-0.2, 0) is 5.54 Å². The number of rotatable bonds is 3. The van der Waals surface area contributed by atoms with E-state index in [-0.39, 0.29) is 5.54 Å². The van der Waals surface area contributed by atoms with Crippen LogP contribution in [0.15, 0.2) is 16.6 Å². The molecule has 0 aliphatic carbocycles. The Kier molecular flexibility index (Phi) is 3.64. The lowest BCUT2D eigenvalue weighted by Crippen LogP contribution is -2.34. The number of methoxy groups -OCH3 is 2. The van der Waals surface area contributed by atoms with Crippen molar-refractivity contribution in [2.75, 3.05) is 20.8 Å². The quantitative estimate of drug-likeness (QED) is 0.930. The predicted molar refractivity (Wildman–Crippen MR) is 71.8 cm³/mol. The van der Waals surface area contributed by atoms with E-state index in [9.17, 15) is 0 Å². The maximum absolute atomic E-state index is 5.48. The molecule has 0 radical (unpaired) electrons. The Hall–Kier alpha value is -0.740. The fourth-order valence-electron chi connectivity index (χ4n) is 2.49. The first-order valence-corrected chi connectivity index (χ1v) is 6.57. The van der Waals surface area contributed by atoms with Crippen LogP contribution in [-0.4, -0.2) is 20.8 Å². The zero-order valence-corrected chi connectivity index (χ0v) is 12.1. The van der Waals surface area contributed by atoms with Gasteiger partial charge >= 0.3 is 0 Å². The second-order valence-corrected chi connectivity index (χ2v) is 5.31. The first-order chi connectivity index (χ1) is 8.12. The van der Waals surface area contributed by atoms with Gasteiger partial charge in [0.15, 0.2) is 0 Å². The topological polar surface area (TPSA) is 30.5 Å². The summed E-state index contributed by atoms with van der Waals surface area (Å²) in [6.45, 7) is 3.26. The molecule has 1 aliphatic rings. The van der Waals surface area contributed by atoms with Gasteiger partial charge in [-0.25, -0.2) is 0 Å². The van der Waals surface area contributed by atoms with E-state index in [1.807, 2.05) is 12.1 Å². The van der Waals surface area contributed by atoms with E-state index in [4.69, 9.17) is 9.47 Å². The Balaban J connectivity index is 2.56. The molecule has 0 bridgehead atoms. The zero-order valence-electron chi connectivity index (χ0n) is 10.5. The van der Waals surface area contributed by atoms with Gasteiger partial charge in [0.2, 0.25) is 0 Å².